The topological polar surface area (TPSA) is 52.8 Å². The van der Waals surface area contributed by atoms with E-state index in [1.54, 1.807) is 23.6 Å². The Hall–Kier alpha value is -1.56. The number of thioether (sulfide) groups is 1. The molecule has 0 amide bonds. The molecule has 0 N–H and O–H groups in total. The fraction of sp³-hybridized carbons (Fsp3) is 0.462. The Morgan fingerprint density at radius 1 is 1.37 bits per heavy atom. The largest absolute Gasteiger partial charge is 0.494 e. The highest BCUT2D eigenvalue weighted by Gasteiger charge is 2.13. The zero-order chi connectivity index (χ0) is 13.8. The lowest BCUT2D eigenvalue weighted by molar-refractivity contribution is 0.410. The van der Waals surface area contributed by atoms with E-state index < -0.39 is 0 Å². The highest BCUT2D eigenvalue weighted by Crippen LogP contribution is 2.27. The number of nitrogens with zero attached hydrogens (tertiary/aromatic N) is 4. The number of methoxy groups -OCH3 is 1. The first-order valence-electron chi connectivity index (χ1n) is 6.18. The van der Waals surface area contributed by atoms with E-state index >= 15 is 0 Å². The molecular formula is C13H18N4OS. The molecule has 19 heavy (non-hydrogen) atoms. The standard InChI is InChI=1S/C13H18N4OS/c1-9(2)8-19-13-14-15-16-17(13)11-7-10(3)5-6-12(11)18-4/h5-7,9H,8H2,1-4H3. The van der Waals surface area contributed by atoms with Gasteiger partial charge < -0.3 is 4.74 Å². The molecule has 0 unspecified atom stereocenters. The summed E-state index contributed by atoms with van der Waals surface area (Å²) in [7, 11) is 1.65. The Kier molecular flexibility index (Phi) is 4.42. The maximum Gasteiger partial charge on any atom is 0.214 e. The Bertz CT molecular complexity index is 553. The lowest BCUT2D eigenvalue weighted by Gasteiger charge is -2.10. The summed E-state index contributed by atoms with van der Waals surface area (Å²) >= 11 is 1.65. The summed E-state index contributed by atoms with van der Waals surface area (Å²) in [5.41, 5.74) is 2.02. The van der Waals surface area contributed by atoms with E-state index in [1.165, 1.54) is 0 Å². The summed E-state index contributed by atoms with van der Waals surface area (Å²) in [6, 6.07) is 5.96. The van der Waals surface area contributed by atoms with Gasteiger partial charge in [-0.25, -0.2) is 0 Å². The van der Waals surface area contributed by atoms with Crippen LogP contribution in [0, 0.1) is 12.8 Å². The van der Waals surface area contributed by atoms with Crippen molar-refractivity contribution in [1.82, 2.24) is 20.2 Å². The third-order valence-electron chi connectivity index (χ3n) is 2.55. The Balaban J connectivity index is 2.36. The van der Waals surface area contributed by atoms with Crippen LogP contribution in [-0.4, -0.2) is 33.1 Å². The van der Waals surface area contributed by atoms with Gasteiger partial charge in [-0.2, -0.15) is 4.68 Å². The third kappa shape index (κ3) is 3.26. The second-order valence-electron chi connectivity index (χ2n) is 4.75. The minimum atomic E-state index is 0.592. The number of aryl methyl sites for hydroxylation is 1. The van der Waals surface area contributed by atoms with Crippen molar-refractivity contribution in [3.05, 3.63) is 23.8 Å². The average molecular weight is 278 g/mol. The summed E-state index contributed by atoms with van der Waals surface area (Å²) in [6.07, 6.45) is 0. The lowest BCUT2D eigenvalue weighted by atomic mass is 10.2. The maximum absolute atomic E-state index is 5.38. The maximum atomic E-state index is 5.38. The third-order valence-corrected chi connectivity index (χ3v) is 3.90. The van der Waals surface area contributed by atoms with Crippen molar-refractivity contribution < 1.29 is 4.74 Å². The van der Waals surface area contributed by atoms with Gasteiger partial charge in [-0.05, 0) is 41.0 Å². The number of hydrogen-bond donors (Lipinski definition) is 0. The predicted octanol–water partition coefficient (Wildman–Crippen LogP) is 2.73. The second-order valence-corrected chi connectivity index (χ2v) is 5.74. The Labute approximate surface area is 117 Å². The van der Waals surface area contributed by atoms with Gasteiger partial charge in [0.05, 0.1) is 7.11 Å². The van der Waals surface area contributed by atoms with Crippen molar-refractivity contribution in [1.29, 1.82) is 0 Å². The van der Waals surface area contributed by atoms with Crippen LogP contribution < -0.4 is 4.74 Å². The van der Waals surface area contributed by atoms with Gasteiger partial charge in [0, 0.05) is 5.75 Å². The fourth-order valence-electron chi connectivity index (χ4n) is 1.63. The fourth-order valence-corrected chi connectivity index (χ4v) is 2.46. The van der Waals surface area contributed by atoms with Crippen LogP contribution in [-0.2, 0) is 0 Å². The number of rotatable bonds is 5. The van der Waals surface area contributed by atoms with E-state index in [-0.39, 0.29) is 0 Å². The number of aromatic nitrogens is 4. The van der Waals surface area contributed by atoms with Crippen LogP contribution in [0.25, 0.3) is 5.69 Å². The number of benzene rings is 1. The van der Waals surface area contributed by atoms with Crippen molar-refractivity contribution in [2.24, 2.45) is 5.92 Å². The smallest absolute Gasteiger partial charge is 0.214 e. The molecule has 0 spiro atoms. The van der Waals surface area contributed by atoms with E-state index in [0.717, 1.165) is 27.9 Å². The van der Waals surface area contributed by atoms with Crippen molar-refractivity contribution in [3.63, 3.8) is 0 Å². The summed E-state index contributed by atoms with van der Waals surface area (Å²) in [5.74, 6) is 2.34. The first-order valence-corrected chi connectivity index (χ1v) is 7.16. The van der Waals surface area contributed by atoms with Gasteiger partial charge in [0.25, 0.3) is 0 Å². The monoisotopic (exact) mass is 278 g/mol. The SMILES string of the molecule is COc1ccc(C)cc1-n1nnnc1SCC(C)C. The molecule has 5 nitrogen and oxygen atoms in total. The summed E-state index contributed by atoms with van der Waals surface area (Å²) in [5, 5.41) is 12.7. The molecule has 6 heteroatoms. The zero-order valence-corrected chi connectivity index (χ0v) is 12.4. The molecule has 0 bridgehead atoms. The number of ether oxygens (including phenoxy) is 1. The van der Waals surface area contributed by atoms with E-state index in [9.17, 15) is 0 Å². The molecule has 102 valence electrons. The molecule has 0 aliphatic rings. The summed E-state index contributed by atoms with van der Waals surface area (Å²) < 4.78 is 7.11. The highest BCUT2D eigenvalue weighted by molar-refractivity contribution is 7.99. The first kappa shape index (κ1) is 13.9. The highest BCUT2D eigenvalue weighted by atomic mass is 32.2. The molecule has 2 rings (SSSR count). The van der Waals surface area contributed by atoms with Crippen molar-refractivity contribution in [2.45, 2.75) is 25.9 Å². The quantitative estimate of drug-likeness (QED) is 0.787. The van der Waals surface area contributed by atoms with Gasteiger partial charge in [-0.3, -0.25) is 0 Å². The van der Waals surface area contributed by atoms with Gasteiger partial charge in [0.2, 0.25) is 5.16 Å². The van der Waals surface area contributed by atoms with Crippen LogP contribution in [0.1, 0.15) is 19.4 Å². The van der Waals surface area contributed by atoms with Crippen LogP contribution in [0.2, 0.25) is 0 Å². The van der Waals surface area contributed by atoms with Crippen LogP contribution in [0.4, 0.5) is 0 Å². The summed E-state index contributed by atoms with van der Waals surface area (Å²) in [4.78, 5) is 0. The van der Waals surface area contributed by atoms with Gasteiger partial charge in [-0.1, -0.05) is 31.7 Å². The zero-order valence-electron chi connectivity index (χ0n) is 11.6. The van der Waals surface area contributed by atoms with Crippen LogP contribution in [0.5, 0.6) is 5.75 Å². The molecule has 1 heterocycles. The predicted molar refractivity (Wildman–Crippen MR) is 76.0 cm³/mol. The second kappa shape index (κ2) is 6.06. The van der Waals surface area contributed by atoms with Crippen LogP contribution >= 0.6 is 11.8 Å². The molecule has 0 fully saturated rings. The Morgan fingerprint density at radius 3 is 2.84 bits per heavy atom. The van der Waals surface area contributed by atoms with Gasteiger partial charge in [0.1, 0.15) is 11.4 Å². The van der Waals surface area contributed by atoms with E-state index in [2.05, 4.69) is 29.4 Å². The van der Waals surface area contributed by atoms with Gasteiger partial charge >= 0.3 is 0 Å². The van der Waals surface area contributed by atoms with E-state index in [4.69, 9.17) is 4.74 Å². The van der Waals surface area contributed by atoms with Gasteiger partial charge in [-0.15, -0.1) is 5.10 Å². The van der Waals surface area contributed by atoms with Crippen molar-refractivity contribution >= 4 is 11.8 Å². The molecular weight excluding hydrogens is 260 g/mol. The van der Waals surface area contributed by atoms with Crippen LogP contribution in [0.15, 0.2) is 23.4 Å². The van der Waals surface area contributed by atoms with Gasteiger partial charge in [0.15, 0.2) is 0 Å². The molecule has 1 aromatic heterocycles. The first-order chi connectivity index (χ1) is 9.11. The van der Waals surface area contributed by atoms with Crippen molar-refractivity contribution in [3.8, 4) is 11.4 Å². The molecule has 0 atom stereocenters. The molecule has 2 aromatic rings. The number of tetrazole rings is 1. The average Bonchev–Trinajstić information content (AvgIpc) is 2.84. The van der Waals surface area contributed by atoms with E-state index in [1.807, 2.05) is 25.1 Å². The molecule has 0 radical (unpaired) electrons. The molecule has 0 aliphatic carbocycles. The minimum Gasteiger partial charge on any atom is -0.494 e. The van der Waals surface area contributed by atoms with Crippen molar-refractivity contribution in [2.75, 3.05) is 12.9 Å². The van der Waals surface area contributed by atoms with E-state index in [0.29, 0.717) is 5.92 Å². The summed E-state index contributed by atoms with van der Waals surface area (Å²) in [6.45, 7) is 6.39. The Morgan fingerprint density at radius 2 is 2.16 bits per heavy atom. The normalized spacial score (nSPS) is 11.0. The lowest BCUT2D eigenvalue weighted by Crippen LogP contribution is -2.03. The van der Waals surface area contributed by atoms with Crippen LogP contribution in [0.3, 0.4) is 0 Å². The number of hydrogen-bond acceptors (Lipinski definition) is 5. The molecule has 0 saturated heterocycles. The molecule has 0 saturated carbocycles. The molecule has 0 aliphatic heterocycles. The minimum absolute atomic E-state index is 0.592. The molecule has 1 aromatic carbocycles.